The molecule has 0 aliphatic rings. The number of hydrogen-bond acceptors (Lipinski definition) is 4. The molecule has 2 aromatic rings. The third kappa shape index (κ3) is 3.28. The lowest BCUT2D eigenvalue weighted by atomic mass is 10.3. The highest BCUT2D eigenvalue weighted by molar-refractivity contribution is 14.1. The van der Waals surface area contributed by atoms with Gasteiger partial charge in [0, 0.05) is 20.7 Å². The van der Waals surface area contributed by atoms with Crippen LogP contribution >= 0.6 is 33.9 Å². The molecule has 2 rings (SSSR count). The van der Waals surface area contributed by atoms with Gasteiger partial charge in [-0.2, -0.15) is 0 Å². The summed E-state index contributed by atoms with van der Waals surface area (Å²) in [6.07, 6.45) is 0. The first-order chi connectivity index (χ1) is 8.94. The van der Waals surface area contributed by atoms with Crippen LogP contribution in [0.15, 0.2) is 34.5 Å². The van der Waals surface area contributed by atoms with Gasteiger partial charge < -0.3 is 5.73 Å². The Hall–Kier alpha value is -0.640. The Bertz CT molecular complexity index is 696. The fourth-order valence-electron chi connectivity index (χ4n) is 1.75. The number of hydrogen-bond donors (Lipinski definition) is 2. The summed E-state index contributed by atoms with van der Waals surface area (Å²) in [7, 11) is -3.58. The molecule has 1 aromatic heterocycles. The van der Waals surface area contributed by atoms with E-state index in [1.807, 2.05) is 17.5 Å². The van der Waals surface area contributed by atoms with Gasteiger partial charge >= 0.3 is 0 Å². The number of sulfonamides is 1. The van der Waals surface area contributed by atoms with E-state index in [1.165, 1.54) is 11.3 Å². The first kappa shape index (κ1) is 14.8. The maximum Gasteiger partial charge on any atom is 0.263 e. The van der Waals surface area contributed by atoms with Crippen LogP contribution in [-0.2, 0) is 16.6 Å². The molecular formula is C12H13IN2O2S2. The van der Waals surface area contributed by atoms with Gasteiger partial charge in [-0.05, 0) is 58.7 Å². The number of nitrogens with one attached hydrogen (secondary N) is 1. The summed E-state index contributed by atoms with van der Waals surface area (Å²) >= 11 is 3.51. The second kappa shape index (κ2) is 5.78. The lowest BCUT2D eigenvalue weighted by molar-refractivity contribution is 0.600. The van der Waals surface area contributed by atoms with E-state index in [0.29, 0.717) is 15.5 Å². The zero-order valence-electron chi connectivity index (χ0n) is 10.2. The van der Waals surface area contributed by atoms with Crippen molar-refractivity contribution >= 4 is 49.6 Å². The molecule has 4 nitrogen and oxygen atoms in total. The number of halogens is 1. The Morgan fingerprint density at radius 1 is 1.42 bits per heavy atom. The van der Waals surface area contributed by atoms with Crippen LogP contribution in [0.1, 0.15) is 10.4 Å². The molecule has 0 spiro atoms. The fraction of sp³-hybridized carbons (Fsp3) is 0.167. The quantitative estimate of drug-likeness (QED) is 0.765. The summed E-state index contributed by atoms with van der Waals surface area (Å²) in [4.78, 5) is 0.981. The summed E-state index contributed by atoms with van der Waals surface area (Å²) in [5.41, 5.74) is 6.88. The van der Waals surface area contributed by atoms with Crippen LogP contribution in [0.5, 0.6) is 0 Å². The van der Waals surface area contributed by atoms with Crippen LogP contribution < -0.4 is 10.5 Å². The van der Waals surface area contributed by atoms with Crippen LogP contribution in [-0.4, -0.2) is 8.42 Å². The largest absolute Gasteiger partial charge is 0.326 e. The first-order valence-electron chi connectivity index (χ1n) is 5.49. The van der Waals surface area contributed by atoms with Gasteiger partial charge in [0.25, 0.3) is 10.0 Å². The average Bonchev–Trinajstić information content (AvgIpc) is 2.70. The second-order valence-corrected chi connectivity index (χ2v) is 7.82. The van der Waals surface area contributed by atoms with E-state index in [1.54, 1.807) is 19.1 Å². The van der Waals surface area contributed by atoms with E-state index < -0.39 is 10.0 Å². The molecule has 1 aromatic carbocycles. The maximum absolute atomic E-state index is 12.4. The molecule has 0 aliphatic carbocycles. The molecule has 0 unspecified atom stereocenters. The zero-order valence-corrected chi connectivity index (χ0v) is 14.0. The molecule has 0 bridgehead atoms. The van der Waals surface area contributed by atoms with Gasteiger partial charge in [0.1, 0.15) is 4.90 Å². The fourth-order valence-corrected chi connectivity index (χ4v) is 5.04. The highest BCUT2D eigenvalue weighted by Crippen LogP contribution is 2.28. The summed E-state index contributed by atoms with van der Waals surface area (Å²) in [6, 6.07) is 7.22. The Morgan fingerprint density at radius 2 is 2.16 bits per heavy atom. The third-order valence-corrected chi connectivity index (χ3v) is 6.06. The molecule has 0 atom stereocenters. The smallest absolute Gasteiger partial charge is 0.263 e. The van der Waals surface area contributed by atoms with Gasteiger partial charge in [0.2, 0.25) is 0 Å². The third-order valence-electron chi connectivity index (χ3n) is 2.52. The SMILES string of the molecule is Cc1csc(CN)c1S(=O)(=O)Nc1cccc(I)c1. The topological polar surface area (TPSA) is 72.2 Å². The number of nitrogens with two attached hydrogens (primary N) is 1. The Labute approximate surface area is 130 Å². The molecule has 1 heterocycles. The van der Waals surface area contributed by atoms with E-state index in [0.717, 1.165) is 9.13 Å². The van der Waals surface area contributed by atoms with Gasteiger partial charge in [0.05, 0.1) is 0 Å². The second-order valence-electron chi connectivity index (χ2n) is 3.99. The molecule has 0 amide bonds. The number of anilines is 1. The van der Waals surface area contributed by atoms with E-state index in [4.69, 9.17) is 5.73 Å². The normalized spacial score (nSPS) is 11.5. The zero-order chi connectivity index (χ0) is 14.0. The molecule has 19 heavy (non-hydrogen) atoms. The standard InChI is InChI=1S/C12H13IN2O2S2/c1-8-7-18-11(6-14)12(8)19(16,17)15-10-4-2-3-9(13)5-10/h2-5,7,15H,6,14H2,1H3. The van der Waals surface area contributed by atoms with Gasteiger partial charge in [-0.1, -0.05) is 6.07 Å². The van der Waals surface area contributed by atoms with Crippen LogP contribution in [0.3, 0.4) is 0 Å². The maximum atomic E-state index is 12.4. The highest BCUT2D eigenvalue weighted by atomic mass is 127. The van der Waals surface area contributed by atoms with Gasteiger partial charge in [-0.15, -0.1) is 11.3 Å². The number of benzene rings is 1. The van der Waals surface area contributed by atoms with Crippen molar-refractivity contribution in [3.05, 3.63) is 43.7 Å². The Balaban J connectivity index is 2.40. The lowest BCUT2D eigenvalue weighted by Gasteiger charge is -2.09. The monoisotopic (exact) mass is 408 g/mol. The van der Waals surface area contributed by atoms with Crippen molar-refractivity contribution in [3.63, 3.8) is 0 Å². The highest BCUT2D eigenvalue weighted by Gasteiger charge is 2.22. The number of thiophene rings is 1. The summed E-state index contributed by atoms with van der Waals surface area (Å²) in [6.45, 7) is 2.00. The molecule has 0 aliphatic heterocycles. The van der Waals surface area contributed by atoms with E-state index in [2.05, 4.69) is 27.3 Å². The number of rotatable bonds is 4. The van der Waals surface area contributed by atoms with Crippen molar-refractivity contribution in [1.29, 1.82) is 0 Å². The molecular weight excluding hydrogens is 395 g/mol. The van der Waals surface area contributed by atoms with E-state index in [-0.39, 0.29) is 6.54 Å². The Morgan fingerprint density at radius 3 is 2.79 bits per heavy atom. The van der Waals surface area contributed by atoms with Crippen LogP contribution in [0.2, 0.25) is 0 Å². The molecule has 7 heteroatoms. The van der Waals surface area contributed by atoms with Crippen LogP contribution in [0.25, 0.3) is 0 Å². The van der Waals surface area contributed by atoms with Crippen molar-refractivity contribution in [2.24, 2.45) is 5.73 Å². The van der Waals surface area contributed by atoms with E-state index >= 15 is 0 Å². The summed E-state index contributed by atoms with van der Waals surface area (Å²) in [5.74, 6) is 0. The molecule has 0 radical (unpaired) electrons. The molecule has 3 N–H and O–H groups in total. The minimum Gasteiger partial charge on any atom is -0.326 e. The van der Waals surface area contributed by atoms with Gasteiger partial charge in [0.15, 0.2) is 0 Å². The van der Waals surface area contributed by atoms with Gasteiger partial charge in [-0.25, -0.2) is 8.42 Å². The van der Waals surface area contributed by atoms with Crippen molar-refractivity contribution < 1.29 is 8.42 Å². The molecule has 0 saturated carbocycles. The van der Waals surface area contributed by atoms with Crippen molar-refractivity contribution in [1.82, 2.24) is 0 Å². The predicted molar refractivity (Wildman–Crippen MR) is 86.9 cm³/mol. The van der Waals surface area contributed by atoms with Gasteiger partial charge in [-0.3, -0.25) is 4.72 Å². The first-order valence-corrected chi connectivity index (χ1v) is 8.93. The lowest BCUT2D eigenvalue weighted by Crippen LogP contribution is -2.15. The number of aryl methyl sites for hydroxylation is 1. The minimum absolute atomic E-state index is 0.223. The molecule has 0 fully saturated rings. The minimum atomic E-state index is -3.58. The van der Waals surface area contributed by atoms with Crippen molar-refractivity contribution in [2.75, 3.05) is 4.72 Å². The van der Waals surface area contributed by atoms with Crippen molar-refractivity contribution in [2.45, 2.75) is 18.4 Å². The predicted octanol–water partition coefficient (Wildman–Crippen LogP) is 2.92. The Kier molecular flexibility index (Phi) is 4.49. The van der Waals surface area contributed by atoms with Crippen LogP contribution in [0, 0.1) is 10.5 Å². The van der Waals surface area contributed by atoms with Crippen molar-refractivity contribution in [3.8, 4) is 0 Å². The van der Waals surface area contributed by atoms with Crippen LogP contribution in [0.4, 0.5) is 5.69 Å². The average molecular weight is 408 g/mol. The summed E-state index contributed by atoms with van der Waals surface area (Å²) < 4.78 is 28.4. The summed E-state index contributed by atoms with van der Waals surface area (Å²) in [5, 5.41) is 1.81. The molecule has 0 saturated heterocycles. The molecule has 102 valence electrons. The van der Waals surface area contributed by atoms with E-state index in [9.17, 15) is 8.42 Å².